The lowest BCUT2D eigenvalue weighted by Gasteiger charge is -2.04. The molecule has 1 aromatic carbocycles. The summed E-state index contributed by atoms with van der Waals surface area (Å²) in [5.41, 5.74) is 3.04. The molecule has 0 aliphatic rings. The number of benzene rings is 1. The summed E-state index contributed by atoms with van der Waals surface area (Å²) in [5, 5.41) is 5.85. The molecule has 0 unspecified atom stereocenters. The number of ether oxygens (including phenoxy) is 1. The predicted molar refractivity (Wildman–Crippen MR) is 100 cm³/mol. The molecule has 7 nitrogen and oxygen atoms in total. The van der Waals surface area contributed by atoms with Gasteiger partial charge in [0.1, 0.15) is 0 Å². The summed E-state index contributed by atoms with van der Waals surface area (Å²) in [5.74, 6) is 0.549. The van der Waals surface area contributed by atoms with E-state index < -0.39 is 10.0 Å². The van der Waals surface area contributed by atoms with Crippen molar-refractivity contribution >= 4 is 37.9 Å². The Kier molecular flexibility index (Phi) is 4.86. The lowest BCUT2D eigenvalue weighted by molar-refractivity contribution is 0.398. The summed E-state index contributed by atoms with van der Waals surface area (Å²) in [6, 6.07) is 10.7. The Morgan fingerprint density at radius 3 is 2.40 bits per heavy atom. The first-order valence-corrected chi connectivity index (χ1v) is 10.0. The fourth-order valence-electron chi connectivity index (χ4n) is 2.09. The Balaban J connectivity index is 1.72. The van der Waals surface area contributed by atoms with Crippen LogP contribution < -0.4 is 14.8 Å². The Bertz CT molecular complexity index is 952. The van der Waals surface area contributed by atoms with Gasteiger partial charge < -0.3 is 10.1 Å². The van der Waals surface area contributed by atoms with E-state index in [9.17, 15) is 8.42 Å². The van der Waals surface area contributed by atoms with Crippen LogP contribution >= 0.6 is 11.3 Å². The Morgan fingerprint density at radius 1 is 1.08 bits per heavy atom. The highest BCUT2D eigenvalue weighted by atomic mass is 32.2. The summed E-state index contributed by atoms with van der Waals surface area (Å²) in [7, 11) is -1.71. The second kappa shape index (κ2) is 7.08. The zero-order chi connectivity index (χ0) is 17.9. The zero-order valence-corrected chi connectivity index (χ0v) is 15.2. The first-order chi connectivity index (χ1) is 11.9. The van der Waals surface area contributed by atoms with Crippen LogP contribution in [0.25, 0.3) is 11.3 Å². The monoisotopic (exact) mass is 376 g/mol. The van der Waals surface area contributed by atoms with Gasteiger partial charge >= 0.3 is 0 Å². The van der Waals surface area contributed by atoms with Crippen molar-refractivity contribution in [3.05, 3.63) is 48.0 Å². The second-order valence-corrected chi connectivity index (χ2v) is 7.81. The van der Waals surface area contributed by atoms with Crippen LogP contribution in [-0.2, 0) is 10.0 Å². The molecular formula is C16H16N4O3S2. The number of hydrogen-bond donors (Lipinski definition) is 2. The molecule has 3 aromatic rings. The number of pyridine rings is 1. The van der Waals surface area contributed by atoms with Gasteiger partial charge in [-0.25, -0.2) is 18.4 Å². The van der Waals surface area contributed by atoms with Crippen LogP contribution in [0.15, 0.2) is 48.0 Å². The zero-order valence-electron chi connectivity index (χ0n) is 13.6. The van der Waals surface area contributed by atoms with Crippen molar-refractivity contribution in [2.24, 2.45) is 0 Å². The normalized spacial score (nSPS) is 11.1. The highest BCUT2D eigenvalue weighted by Crippen LogP contribution is 2.28. The summed E-state index contributed by atoms with van der Waals surface area (Å²) >= 11 is 1.47. The highest BCUT2D eigenvalue weighted by Gasteiger charge is 2.07. The number of hydrogen-bond acceptors (Lipinski definition) is 7. The topological polar surface area (TPSA) is 93.2 Å². The van der Waals surface area contributed by atoms with Gasteiger partial charge in [0.25, 0.3) is 0 Å². The Hall–Kier alpha value is -2.65. The number of nitrogens with zero attached hydrogens (tertiary/aromatic N) is 2. The van der Waals surface area contributed by atoms with Gasteiger partial charge in [-0.1, -0.05) is 12.1 Å². The fourth-order valence-corrected chi connectivity index (χ4v) is 3.39. The first kappa shape index (κ1) is 17.2. The van der Waals surface area contributed by atoms with Gasteiger partial charge in [-0.2, -0.15) is 0 Å². The highest BCUT2D eigenvalue weighted by molar-refractivity contribution is 7.92. The van der Waals surface area contributed by atoms with E-state index in [0.717, 1.165) is 28.3 Å². The second-order valence-electron chi connectivity index (χ2n) is 5.20. The molecule has 2 N–H and O–H groups in total. The number of sulfonamides is 1. The molecule has 0 aliphatic heterocycles. The van der Waals surface area contributed by atoms with E-state index in [-0.39, 0.29) is 0 Å². The van der Waals surface area contributed by atoms with E-state index in [4.69, 9.17) is 4.74 Å². The molecule has 0 spiro atoms. The van der Waals surface area contributed by atoms with Crippen LogP contribution in [0.1, 0.15) is 0 Å². The van der Waals surface area contributed by atoms with Crippen LogP contribution in [0.3, 0.4) is 0 Å². The van der Waals surface area contributed by atoms with Crippen molar-refractivity contribution in [3.63, 3.8) is 0 Å². The number of rotatable bonds is 6. The lowest BCUT2D eigenvalue weighted by atomic mass is 10.1. The number of methoxy groups -OCH3 is 1. The minimum atomic E-state index is -3.28. The van der Waals surface area contributed by atoms with Gasteiger partial charge in [0.05, 0.1) is 30.9 Å². The van der Waals surface area contributed by atoms with Crippen molar-refractivity contribution in [3.8, 4) is 17.1 Å². The van der Waals surface area contributed by atoms with Crippen LogP contribution in [0.5, 0.6) is 5.88 Å². The quantitative estimate of drug-likeness (QED) is 0.685. The van der Waals surface area contributed by atoms with Crippen molar-refractivity contribution < 1.29 is 13.2 Å². The Morgan fingerprint density at radius 2 is 1.80 bits per heavy atom. The SMILES string of the molecule is COc1ccc(Nc2nc(-c3ccc(NS(C)(=O)=O)cc3)cs2)cn1. The summed E-state index contributed by atoms with van der Waals surface area (Å²) < 4.78 is 29.9. The summed E-state index contributed by atoms with van der Waals surface area (Å²) in [4.78, 5) is 8.67. The van der Waals surface area contributed by atoms with Crippen molar-refractivity contribution in [1.29, 1.82) is 0 Å². The third-order valence-corrected chi connectivity index (χ3v) is 4.55. The summed E-state index contributed by atoms with van der Waals surface area (Å²) in [6.07, 6.45) is 2.79. The standard InChI is InChI=1S/C16H16N4O3S2/c1-23-15-8-7-13(9-17-15)18-16-19-14(10-24-16)11-3-5-12(6-4-11)20-25(2,21)22/h3-10,20H,1-2H3,(H,18,19). The van der Waals surface area contributed by atoms with E-state index in [1.807, 2.05) is 23.6 Å². The molecule has 0 saturated heterocycles. The lowest BCUT2D eigenvalue weighted by Crippen LogP contribution is -2.09. The molecule has 130 valence electrons. The molecule has 2 aromatic heterocycles. The fraction of sp³-hybridized carbons (Fsp3) is 0.125. The van der Waals surface area contributed by atoms with Crippen LogP contribution in [-0.4, -0.2) is 31.8 Å². The molecule has 0 bridgehead atoms. The van der Waals surface area contributed by atoms with Crippen molar-refractivity contribution in [2.45, 2.75) is 0 Å². The first-order valence-electron chi connectivity index (χ1n) is 7.24. The summed E-state index contributed by atoms with van der Waals surface area (Å²) in [6.45, 7) is 0. The van der Waals surface area contributed by atoms with Gasteiger partial charge in [-0.3, -0.25) is 4.72 Å². The molecule has 0 saturated carbocycles. The average Bonchev–Trinajstić information content (AvgIpc) is 3.03. The number of aromatic nitrogens is 2. The van der Waals surface area contributed by atoms with Crippen molar-refractivity contribution in [1.82, 2.24) is 9.97 Å². The van der Waals surface area contributed by atoms with E-state index >= 15 is 0 Å². The maximum atomic E-state index is 11.2. The molecule has 0 fully saturated rings. The molecule has 2 heterocycles. The molecule has 0 atom stereocenters. The van der Waals surface area contributed by atoms with Gasteiger partial charge in [-0.15, -0.1) is 11.3 Å². The molecular weight excluding hydrogens is 360 g/mol. The molecule has 0 aliphatic carbocycles. The third-order valence-electron chi connectivity index (χ3n) is 3.18. The van der Waals surface area contributed by atoms with Crippen LogP contribution in [0.2, 0.25) is 0 Å². The maximum Gasteiger partial charge on any atom is 0.229 e. The predicted octanol–water partition coefficient (Wildman–Crippen LogP) is 3.33. The number of thiazole rings is 1. The van der Waals surface area contributed by atoms with E-state index in [1.165, 1.54) is 11.3 Å². The van der Waals surface area contributed by atoms with Crippen LogP contribution in [0.4, 0.5) is 16.5 Å². The minimum absolute atomic E-state index is 0.518. The van der Waals surface area contributed by atoms with Crippen LogP contribution in [0, 0.1) is 0 Å². The number of anilines is 3. The largest absolute Gasteiger partial charge is 0.481 e. The molecule has 3 rings (SSSR count). The molecule has 0 radical (unpaired) electrons. The Labute approximate surface area is 149 Å². The number of nitrogens with one attached hydrogen (secondary N) is 2. The van der Waals surface area contributed by atoms with Crippen molar-refractivity contribution in [2.75, 3.05) is 23.4 Å². The molecule has 25 heavy (non-hydrogen) atoms. The maximum absolute atomic E-state index is 11.2. The third kappa shape index (κ3) is 4.68. The smallest absolute Gasteiger partial charge is 0.229 e. The van der Waals surface area contributed by atoms with E-state index in [1.54, 1.807) is 31.5 Å². The molecule has 0 amide bonds. The van der Waals surface area contributed by atoms with Gasteiger partial charge in [0.15, 0.2) is 5.13 Å². The minimum Gasteiger partial charge on any atom is -0.481 e. The van der Waals surface area contributed by atoms with Gasteiger partial charge in [-0.05, 0) is 18.2 Å². The molecule has 9 heteroatoms. The van der Waals surface area contributed by atoms with Gasteiger partial charge in [0.2, 0.25) is 15.9 Å². The van der Waals surface area contributed by atoms with E-state index in [2.05, 4.69) is 20.0 Å². The van der Waals surface area contributed by atoms with E-state index in [0.29, 0.717) is 11.6 Å². The van der Waals surface area contributed by atoms with Gasteiger partial charge in [0, 0.05) is 22.7 Å². The average molecular weight is 376 g/mol.